The molecule has 0 saturated carbocycles. The zero-order valence-electron chi connectivity index (χ0n) is 11.0. The van der Waals surface area contributed by atoms with Crippen LogP contribution in [0.1, 0.15) is 18.4 Å². The molecule has 0 radical (unpaired) electrons. The van der Waals surface area contributed by atoms with Crippen LogP contribution in [0.3, 0.4) is 0 Å². The maximum atomic E-state index is 13.6. The second-order valence-electron chi connectivity index (χ2n) is 4.52. The SMILES string of the molecule is O=C(Nc1ccc(F)c(C#CCCO)c1)C1CCSC1. The number of aliphatic hydroxyl groups is 1. The summed E-state index contributed by atoms with van der Waals surface area (Å²) in [7, 11) is 0. The molecule has 2 N–H and O–H groups in total. The van der Waals surface area contributed by atoms with Crippen LogP contribution in [0, 0.1) is 23.6 Å². The fourth-order valence-electron chi connectivity index (χ4n) is 1.90. The van der Waals surface area contributed by atoms with Gasteiger partial charge >= 0.3 is 0 Å². The fraction of sp³-hybridized carbons (Fsp3) is 0.400. The number of halogens is 1. The second kappa shape index (κ2) is 7.32. The molecule has 3 nitrogen and oxygen atoms in total. The van der Waals surface area contributed by atoms with E-state index in [1.807, 2.05) is 0 Å². The van der Waals surface area contributed by atoms with Crippen LogP contribution in [0.25, 0.3) is 0 Å². The molecule has 1 aromatic carbocycles. The number of aliphatic hydroxyl groups excluding tert-OH is 1. The summed E-state index contributed by atoms with van der Waals surface area (Å²) < 4.78 is 13.6. The van der Waals surface area contributed by atoms with Gasteiger partial charge in [0.05, 0.1) is 12.2 Å². The summed E-state index contributed by atoms with van der Waals surface area (Å²) >= 11 is 1.77. The summed E-state index contributed by atoms with van der Waals surface area (Å²) in [6, 6.07) is 4.36. The monoisotopic (exact) mass is 293 g/mol. The van der Waals surface area contributed by atoms with Gasteiger partial charge in [0.15, 0.2) is 0 Å². The normalized spacial score (nSPS) is 17.4. The van der Waals surface area contributed by atoms with E-state index < -0.39 is 5.82 Å². The highest BCUT2D eigenvalue weighted by atomic mass is 32.2. The zero-order chi connectivity index (χ0) is 14.4. The molecule has 0 aromatic heterocycles. The molecular weight excluding hydrogens is 277 g/mol. The lowest BCUT2D eigenvalue weighted by Gasteiger charge is -2.10. The van der Waals surface area contributed by atoms with Gasteiger partial charge in [0.25, 0.3) is 0 Å². The number of nitrogens with one attached hydrogen (secondary N) is 1. The maximum absolute atomic E-state index is 13.6. The number of benzene rings is 1. The lowest BCUT2D eigenvalue weighted by Crippen LogP contribution is -2.22. The number of thioether (sulfide) groups is 1. The third-order valence-electron chi connectivity index (χ3n) is 2.99. The van der Waals surface area contributed by atoms with Crippen LogP contribution in [0.15, 0.2) is 18.2 Å². The molecule has 0 bridgehead atoms. The number of amides is 1. The van der Waals surface area contributed by atoms with Crippen LogP contribution < -0.4 is 5.32 Å². The number of hydrogen-bond donors (Lipinski definition) is 2. The Kier molecular flexibility index (Phi) is 5.45. The van der Waals surface area contributed by atoms with Crippen molar-refractivity contribution in [2.45, 2.75) is 12.8 Å². The quantitative estimate of drug-likeness (QED) is 0.840. The first-order valence-corrected chi connectivity index (χ1v) is 7.64. The summed E-state index contributed by atoms with van der Waals surface area (Å²) in [6.45, 7) is -0.0512. The highest BCUT2D eigenvalue weighted by Gasteiger charge is 2.23. The minimum absolute atomic E-state index is 0.0177. The molecule has 1 aliphatic rings. The van der Waals surface area contributed by atoms with Crippen molar-refractivity contribution in [2.75, 3.05) is 23.4 Å². The molecule has 1 aromatic rings. The van der Waals surface area contributed by atoms with Gasteiger partial charge in [0.2, 0.25) is 5.91 Å². The lowest BCUT2D eigenvalue weighted by molar-refractivity contribution is -0.119. The summed E-state index contributed by atoms with van der Waals surface area (Å²) in [6.07, 6.45) is 1.19. The lowest BCUT2D eigenvalue weighted by atomic mass is 10.1. The van der Waals surface area contributed by atoms with E-state index in [1.165, 1.54) is 18.2 Å². The van der Waals surface area contributed by atoms with E-state index >= 15 is 0 Å². The molecule has 1 aliphatic heterocycles. The number of anilines is 1. The molecule has 0 spiro atoms. The van der Waals surface area contributed by atoms with Crippen molar-refractivity contribution < 1.29 is 14.3 Å². The molecule has 20 heavy (non-hydrogen) atoms. The van der Waals surface area contributed by atoms with Crippen LogP contribution >= 0.6 is 11.8 Å². The Morgan fingerprint density at radius 2 is 2.40 bits per heavy atom. The third-order valence-corrected chi connectivity index (χ3v) is 4.16. The van der Waals surface area contributed by atoms with E-state index in [9.17, 15) is 9.18 Å². The fourth-order valence-corrected chi connectivity index (χ4v) is 3.12. The molecule has 1 saturated heterocycles. The molecule has 1 heterocycles. The molecule has 1 atom stereocenters. The molecule has 5 heteroatoms. The van der Waals surface area contributed by atoms with E-state index in [1.54, 1.807) is 11.8 Å². The van der Waals surface area contributed by atoms with E-state index in [4.69, 9.17) is 5.11 Å². The van der Waals surface area contributed by atoms with Gasteiger partial charge < -0.3 is 10.4 Å². The average Bonchev–Trinajstić information content (AvgIpc) is 2.96. The topological polar surface area (TPSA) is 49.3 Å². The average molecular weight is 293 g/mol. The second-order valence-corrected chi connectivity index (χ2v) is 5.67. The van der Waals surface area contributed by atoms with Crippen LogP contribution in [0.5, 0.6) is 0 Å². The van der Waals surface area contributed by atoms with Crippen LogP contribution in [0.2, 0.25) is 0 Å². The Balaban J connectivity index is 2.07. The summed E-state index contributed by atoms with van der Waals surface area (Å²) in [5.41, 5.74) is 0.790. The molecule has 106 valence electrons. The van der Waals surface area contributed by atoms with Crippen molar-refractivity contribution in [1.82, 2.24) is 0 Å². The molecule has 1 unspecified atom stereocenters. The van der Waals surface area contributed by atoms with Crippen molar-refractivity contribution in [1.29, 1.82) is 0 Å². The predicted molar refractivity (Wildman–Crippen MR) is 79.0 cm³/mol. The first-order valence-electron chi connectivity index (χ1n) is 6.48. The minimum Gasteiger partial charge on any atom is -0.395 e. The summed E-state index contributed by atoms with van der Waals surface area (Å²) in [5, 5.41) is 11.5. The Hall–Kier alpha value is -1.51. The first kappa shape index (κ1) is 14.9. The van der Waals surface area contributed by atoms with Crippen molar-refractivity contribution in [3.63, 3.8) is 0 Å². The molecule has 1 amide bonds. The summed E-state index contributed by atoms with van der Waals surface area (Å²) in [4.78, 5) is 12.0. The van der Waals surface area contributed by atoms with Crippen molar-refractivity contribution in [3.8, 4) is 11.8 Å². The molecular formula is C15H16FNO2S. The van der Waals surface area contributed by atoms with Crippen molar-refractivity contribution in [2.24, 2.45) is 5.92 Å². The van der Waals surface area contributed by atoms with Crippen LogP contribution in [0.4, 0.5) is 10.1 Å². The Bertz CT molecular complexity index is 545. The Labute approximate surface area is 122 Å². The highest BCUT2D eigenvalue weighted by molar-refractivity contribution is 7.99. The van der Waals surface area contributed by atoms with E-state index in [0.717, 1.165) is 17.9 Å². The Morgan fingerprint density at radius 1 is 1.55 bits per heavy atom. The van der Waals surface area contributed by atoms with Gasteiger partial charge in [-0.25, -0.2) is 4.39 Å². The molecule has 1 fully saturated rings. The highest BCUT2D eigenvalue weighted by Crippen LogP contribution is 2.25. The number of carbonyl (C=O) groups excluding carboxylic acids is 1. The standard InChI is InChI=1S/C15H16FNO2S/c16-14-5-4-13(9-11(14)3-1-2-7-18)17-15(19)12-6-8-20-10-12/h4-5,9,12,18H,2,6-8,10H2,(H,17,19). The van der Waals surface area contributed by atoms with Crippen LogP contribution in [-0.2, 0) is 4.79 Å². The van der Waals surface area contributed by atoms with Gasteiger partial charge in [-0.15, -0.1) is 0 Å². The van der Waals surface area contributed by atoms with Crippen LogP contribution in [-0.4, -0.2) is 29.1 Å². The van der Waals surface area contributed by atoms with E-state index in [0.29, 0.717) is 12.1 Å². The third kappa shape index (κ3) is 3.99. The van der Waals surface area contributed by atoms with Crippen molar-refractivity contribution in [3.05, 3.63) is 29.6 Å². The number of hydrogen-bond acceptors (Lipinski definition) is 3. The summed E-state index contributed by atoms with van der Waals surface area (Å²) in [5.74, 6) is 6.78. The smallest absolute Gasteiger partial charge is 0.228 e. The molecule has 2 rings (SSSR count). The largest absolute Gasteiger partial charge is 0.395 e. The van der Waals surface area contributed by atoms with E-state index in [2.05, 4.69) is 17.2 Å². The number of rotatable bonds is 3. The van der Waals surface area contributed by atoms with Gasteiger partial charge in [-0.3, -0.25) is 4.79 Å². The Morgan fingerprint density at radius 3 is 3.10 bits per heavy atom. The molecule has 0 aliphatic carbocycles. The van der Waals surface area contributed by atoms with Gasteiger partial charge in [-0.05, 0) is 30.4 Å². The number of carbonyl (C=O) groups is 1. The van der Waals surface area contributed by atoms with Gasteiger partial charge in [0, 0.05) is 23.8 Å². The van der Waals surface area contributed by atoms with Gasteiger partial charge in [0.1, 0.15) is 5.82 Å². The maximum Gasteiger partial charge on any atom is 0.228 e. The zero-order valence-corrected chi connectivity index (χ0v) is 11.8. The van der Waals surface area contributed by atoms with Gasteiger partial charge in [-0.1, -0.05) is 11.8 Å². The van der Waals surface area contributed by atoms with Crippen molar-refractivity contribution >= 4 is 23.4 Å². The van der Waals surface area contributed by atoms with Gasteiger partial charge in [-0.2, -0.15) is 11.8 Å². The first-order chi connectivity index (χ1) is 9.70. The minimum atomic E-state index is -0.426. The van der Waals surface area contributed by atoms with E-state index in [-0.39, 0.29) is 24.0 Å². The predicted octanol–water partition coefficient (Wildman–Crippen LogP) is 2.25.